The van der Waals surface area contributed by atoms with Crippen LogP contribution in [0.5, 0.6) is 0 Å². The Kier molecular flexibility index (Phi) is 4.52. The van der Waals surface area contributed by atoms with E-state index >= 15 is 0 Å². The molecule has 1 aliphatic rings. The Morgan fingerprint density at radius 1 is 1.40 bits per heavy atom. The lowest BCUT2D eigenvalue weighted by Crippen LogP contribution is -2.31. The van der Waals surface area contributed by atoms with Crippen LogP contribution in [0, 0.1) is 17.2 Å². The maximum atomic E-state index is 12.5. The van der Waals surface area contributed by atoms with E-state index in [-0.39, 0.29) is 24.3 Å². The topological polar surface area (TPSA) is 91.0 Å². The lowest BCUT2D eigenvalue weighted by atomic mass is 10.1. The Balaban J connectivity index is 1.71. The highest BCUT2D eigenvalue weighted by molar-refractivity contribution is 5.97. The number of carbonyl (C=O) groups is 2. The number of benzene rings is 1. The largest absolute Gasteiger partial charge is 0.335 e. The van der Waals surface area contributed by atoms with E-state index in [9.17, 15) is 9.59 Å². The Bertz CT molecular complexity index is 837. The lowest BCUT2D eigenvalue weighted by molar-refractivity contribution is -0.129. The van der Waals surface area contributed by atoms with Gasteiger partial charge in [-0.25, -0.2) is 0 Å². The molecule has 0 aliphatic carbocycles. The normalized spacial score (nSPS) is 18.0. The van der Waals surface area contributed by atoms with Gasteiger partial charge in [0, 0.05) is 20.0 Å². The van der Waals surface area contributed by atoms with Gasteiger partial charge in [-0.2, -0.15) is 10.4 Å². The van der Waals surface area contributed by atoms with Crippen LogP contribution in [0.3, 0.4) is 0 Å². The minimum Gasteiger partial charge on any atom is -0.335 e. The smallest absolute Gasteiger partial charge is 0.230 e. The van der Waals surface area contributed by atoms with Crippen LogP contribution >= 0.6 is 0 Å². The minimum atomic E-state index is -0.444. The summed E-state index contributed by atoms with van der Waals surface area (Å²) in [5, 5.41) is 15.8. The van der Waals surface area contributed by atoms with E-state index in [1.165, 1.54) is 10.9 Å². The van der Waals surface area contributed by atoms with Gasteiger partial charge in [-0.1, -0.05) is 30.3 Å². The SMILES string of the molecule is CC(c1ccccc1)N1CC(C(=O)Nc2c(C#N)cnn2C)CC1=O. The third-order valence-electron chi connectivity index (χ3n) is 4.58. The van der Waals surface area contributed by atoms with Crippen molar-refractivity contribution in [2.24, 2.45) is 13.0 Å². The molecular weight excluding hydrogens is 318 g/mol. The molecule has 128 valence electrons. The van der Waals surface area contributed by atoms with Gasteiger partial charge in [0.15, 0.2) is 0 Å². The van der Waals surface area contributed by atoms with Gasteiger partial charge in [0.25, 0.3) is 0 Å². The number of likely N-dealkylation sites (tertiary alicyclic amines) is 1. The number of hydrogen-bond donors (Lipinski definition) is 1. The zero-order chi connectivity index (χ0) is 18.0. The van der Waals surface area contributed by atoms with E-state index in [1.807, 2.05) is 43.3 Å². The molecule has 1 aliphatic heterocycles. The monoisotopic (exact) mass is 337 g/mol. The average molecular weight is 337 g/mol. The van der Waals surface area contributed by atoms with Gasteiger partial charge in [-0.05, 0) is 12.5 Å². The number of nitriles is 1. The van der Waals surface area contributed by atoms with Gasteiger partial charge in [-0.15, -0.1) is 0 Å². The van der Waals surface area contributed by atoms with Gasteiger partial charge < -0.3 is 10.2 Å². The lowest BCUT2D eigenvalue weighted by Gasteiger charge is -2.25. The number of nitrogens with zero attached hydrogens (tertiary/aromatic N) is 4. The maximum absolute atomic E-state index is 12.5. The first-order valence-electron chi connectivity index (χ1n) is 8.08. The molecule has 1 saturated heterocycles. The molecule has 2 amide bonds. The molecule has 25 heavy (non-hydrogen) atoms. The zero-order valence-electron chi connectivity index (χ0n) is 14.1. The fourth-order valence-electron chi connectivity index (χ4n) is 3.08. The van der Waals surface area contributed by atoms with Gasteiger partial charge in [0.2, 0.25) is 11.8 Å². The number of aryl methyl sites for hydroxylation is 1. The third-order valence-corrected chi connectivity index (χ3v) is 4.58. The van der Waals surface area contributed by atoms with Crippen molar-refractivity contribution in [2.45, 2.75) is 19.4 Å². The van der Waals surface area contributed by atoms with Crippen molar-refractivity contribution in [1.82, 2.24) is 14.7 Å². The highest BCUT2D eigenvalue weighted by atomic mass is 16.2. The predicted octanol–water partition coefficient (Wildman–Crippen LogP) is 1.84. The quantitative estimate of drug-likeness (QED) is 0.921. The molecule has 0 bridgehead atoms. The Morgan fingerprint density at radius 3 is 2.80 bits per heavy atom. The number of amides is 2. The van der Waals surface area contributed by atoms with Crippen molar-refractivity contribution in [1.29, 1.82) is 5.26 Å². The van der Waals surface area contributed by atoms with Crippen LogP contribution in [-0.4, -0.2) is 33.0 Å². The van der Waals surface area contributed by atoms with Crippen LogP contribution in [0.2, 0.25) is 0 Å². The van der Waals surface area contributed by atoms with Gasteiger partial charge >= 0.3 is 0 Å². The fourth-order valence-corrected chi connectivity index (χ4v) is 3.08. The Hall–Kier alpha value is -3.14. The van der Waals surface area contributed by atoms with Crippen molar-refractivity contribution in [3.8, 4) is 6.07 Å². The second-order valence-electron chi connectivity index (χ2n) is 6.17. The first kappa shape index (κ1) is 16.7. The molecular formula is C18H19N5O2. The molecule has 2 heterocycles. The van der Waals surface area contributed by atoms with Crippen LogP contribution in [-0.2, 0) is 16.6 Å². The molecule has 0 radical (unpaired) electrons. The highest BCUT2D eigenvalue weighted by Gasteiger charge is 2.37. The van der Waals surface area contributed by atoms with Crippen LogP contribution in [0.25, 0.3) is 0 Å². The number of hydrogen-bond acceptors (Lipinski definition) is 4. The summed E-state index contributed by atoms with van der Waals surface area (Å²) in [5.41, 5.74) is 1.34. The van der Waals surface area contributed by atoms with Crippen molar-refractivity contribution in [3.63, 3.8) is 0 Å². The predicted molar refractivity (Wildman–Crippen MR) is 91.2 cm³/mol. The van der Waals surface area contributed by atoms with Crippen molar-refractivity contribution in [2.75, 3.05) is 11.9 Å². The Labute approximate surface area is 145 Å². The van der Waals surface area contributed by atoms with E-state index < -0.39 is 5.92 Å². The first-order valence-corrected chi connectivity index (χ1v) is 8.08. The number of rotatable bonds is 4. The number of aromatic nitrogens is 2. The van der Waals surface area contributed by atoms with E-state index in [2.05, 4.69) is 10.4 Å². The molecule has 2 atom stereocenters. The van der Waals surface area contributed by atoms with Crippen LogP contribution in [0.15, 0.2) is 36.5 Å². The second-order valence-corrected chi connectivity index (χ2v) is 6.17. The van der Waals surface area contributed by atoms with Crippen molar-refractivity contribution < 1.29 is 9.59 Å². The molecule has 7 nitrogen and oxygen atoms in total. The third kappa shape index (κ3) is 3.24. The highest BCUT2D eigenvalue weighted by Crippen LogP contribution is 2.29. The zero-order valence-corrected chi connectivity index (χ0v) is 14.1. The number of nitrogens with one attached hydrogen (secondary N) is 1. The molecule has 0 saturated carbocycles. The molecule has 1 fully saturated rings. The molecule has 2 aromatic rings. The molecule has 3 rings (SSSR count). The van der Waals surface area contributed by atoms with E-state index in [0.29, 0.717) is 17.9 Å². The summed E-state index contributed by atoms with van der Waals surface area (Å²) >= 11 is 0. The fraction of sp³-hybridized carbons (Fsp3) is 0.333. The van der Waals surface area contributed by atoms with E-state index in [1.54, 1.807) is 11.9 Å². The van der Waals surface area contributed by atoms with Crippen LogP contribution < -0.4 is 5.32 Å². The summed E-state index contributed by atoms with van der Waals surface area (Å²) in [5.74, 6) is -0.396. The van der Waals surface area contributed by atoms with Crippen LogP contribution in [0.4, 0.5) is 5.82 Å². The molecule has 1 aromatic carbocycles. The summed E-state index contributed by atoms with van der Waals surface area (Å²) in [6, 6.07) is 11.6. The van der Waals surface area contributed by atoms with Gasteiger partial charge in [0.05, 0.1) is 18.2 Å². The average Bonchev–Trinajstić information content (AvgIpc) is 3.18. The van der Waals surface area contributed by atoms with Gasteiger partial charge in [-0.3, -0.25) is 14.3 Å². The molecule has 1 aromatic heterocycles. The number of carbonyl (C=O) groups excluding carboxylic acids is 2. The summed E-state index contributed by atoms with van der Waals surface area (Å²) in [6.07, 6.45) is 1.57. The van der Waals surface area contributed by atoms with E-state index in [4.69, 9.17) is 5.26 Å². The maximum Gasteiger partial charge on any atom is 0.230 e. The standard InChI is InChI=1S/C18H19N5O2/c1-12(13-6-4-3-5-7-13)23-11-14(8-16(23)24)18(25)21-17-15(9-19)10-20-22(17)2/h3-7,10,12,14H,8,11H2,1-2H3,(H,21,25). The Morgan fingerprint density at radius 2 is 2.12 bits per heavy atom. The summed E-state index contributed by atoms with van der Waals surface area (Å²) < 4.78 is 1.44. The summed E-state index contributed by atoms with van der Waals surface area (Å²) in [6.45, 7) is 2.32. The molecule has 0 spiro atoms. The molecule has 2 unspecified atom stereocenters. The summed E-state index contributed by atoms with van der Waals surface area (Å²) in [7, 11) is 1.65. The molecule has 7 heteroatoms. The van der Waals surface area contributed by atoms with Crippen molar-refractivity contribution >= 4 is 17.6 Å². The van der Waals surface area contributed by atoms with Gasteiger partial charge in [0.1, 0.15) is 17.5 Å². The van der Waals surface area contributed by atoms with E-state index in [0.717, 1.165) is 5.56 Å². The van der Waals surface area contributed by atoms with Crippen LogP contribution in [0.1, 0.15) is 30.5 Å². The first-order chi connectivity index (χ1) is 12.0. The molecule has 1 N–H and O–H groups in total. The second kappa shape index (κ2) is 6.77. The minimum absolute atomic E-state index is 0.0398. The summed E-state index contributed by atoms with van der Waals surface area (Å²) in [4.78, 5) is 26.6. The number of anilines is 1. The van der Waals surface area contributed by atoms with Crippen molar-refractivity contribution in [3.05, 3.63) is 47.7 Å².